The molecule has 0 spiro atoms. The fraction of sp³-hybridized carbons (Fsp3) is 0.300. The van der Waals surface area contributed by atoms with Gasteiger partial charge in [-0.15, -0.1) is 0 Å². The molecule has 70 valence electrons. The first kappa shape index (κ1) is 9.58. The van der Waals surface area contributed by atoms with E-state index in [4.69, 9.17) is 0 Å². The SMILES string of the molecule is CO/N=C(/C)CNc1ccccc1. The molecule has 0 aliphatic carbocycles. The van der Waals surface area contributed by atoms with Crippen LogP contribution in [0.3, 0.4) is 0 Å². The summed E-state index contributed by atoms with van der Waals surface area (Å²) in [7, 11) is 1.55. The minimum Gasteiger partial charge on any atom is -0.399 e. The molecule has 1 rings (SSSR count). The van der Waals surface area contributed by atoms with Crippen molar-refractivity contribution in [3.05, 3.63) is 30.3 Å². The summed E-state index contributed by atoms with van der Waals surface area (Å²) < 4.78 is 0. The molecule has 0 saturated carbocycles. The van der Waals surface area contributed by atoms with Crippen LogP contribution in [0.5, 0.6) is 0 Å². The van der Waals surface area contributed by atoms with Gasteiger partial charge in [0, 0.05) is 5.69 Å². The van der Waals surface area contributed by atoms with Crippen LogP contribution in [0, 0.1) is 0 Å². The summed E-state index contributed by atoms with van der Waals surface area (Å²) in [4.78, 5) is 4.64. The molecule has 0 bridgehead atoms. The number of hydrogen-bond donors (Lipinski definition) is 1. The van der Waals surface area contributed by atoms with Gasteiger partial charge in [0.15, 0.2) is 0 Å². The molecule has 0 heterocycles. The van der Waals surface area contributed by atoms with Gasteiger partial charge >= 0.3 is 0 Å². The second-order valence-electron chi connectivity index (χ2n) is 2.73. The van der Waals surface area contributed by atoms with Gasteiger partial charge in [0.1, 0.15) is 7.11 Å². The maximum Gasteiger partial charge on any atom is 0.106 e. The maximum absolute atomic E-state index is 4.64. The van der Waals surface area contributed by atoms with Crippen molar-refractivity contribution in [2.75, 3.05) is 19.0 Å². The van der Waals surface area contributed by atoms with Gasteiger partial charge in [0.2, 0.25) is 0 Å². The summed E-state index contributed by atoms with van der Waals surface area (Å²) >= 11 is 0. The summed E-state index contributed by atoms with van der Waals surface area (Å²) in [6.07, 6.45) is 0. The highest BCUT2D eigenvalue weighted by atomic mass is 16.6. The number of para-hydroxylation sites is 1. The number of rotatable bonds is 4. The molecular weight excluding hydrogens is 164 g/mol. The molecule has 1 aromatic carbocycles. The third-order valence-corrected chi connectivity index (χ3v) is 1.57. The fourth-order valence-corrected chi connectivity index (χ4v) is 0.974. The molecule has 0 atom stereocenters. The minimum atomic E-state index is 0.706. The van der Waals surface area contributed by atoms with E-state index in [2.05, 4.69) is 15.3 Å². The monoisotopic (exact) mass is 178 g/mol. The van der Waals surface area contributed by atoms with Gasteiger partial charge in [0.05, 0.1) is 12.3 Å². The van der Waals surface area contributed by atoms with Crippen molar-refractivity contribution in [3.63, 3.8) is 0 Å². The lowest BCUT2D eigenvalue weighted by molar-refractivity contribution is 0.213. The molecule has 0 fully saturated rings. The molecule has 1 N–H and O–H groups in total. The van der Waals surface area contributed by atoms with Crippen molar-refractivity contribution in [2.45, 2.75) is 6.92 Å². The van der Waals surface area contributed by atoms with E-state index in [-0.39, 0.29) is 0 Å². The van der Waals surface area contributed by atoms with Gasteiger partial charge in [0.25, 0.3) is 0 Å². The predicted octanol–water partition coefficient (Wildman–Crippen LogP) is 2.12. The van der Waals surface area contributed by atoms with E-state index in [9.17, 15) is 0 Å². The average Bonchev–Trinajstić information content (AvgIpc) is 2.17. The van der Waals surface area contributed by atoms with E-state index in [0.29, 0.717) is 6.54 Å². The Hall–Kier alpha value is -1.51. The molecular formula is C10H14N2O. The van der Waals surface area contributed by atoms with Crippen LogP contribution in [-0.4, -0.2) is 19.4 Å². The van der Waals surface area contributed by atoms with Gasteiger partial charge in [-0.3, -0.25) is 0 Å². The number of anilines is 1. The zero-order valence-electron chi connectivity index (χ0n) is 7.95. The molecule has 0 amide bonds. The minimum absolute atomic E-state index is 0.706. The lowest BCUT2D eigenvalue weighted by atomic mass is 10.3. The molecule has 0 unspecified atom stereocenters. The highest BCUT2D eigenvalue weighted by Crippen LogP contribution is 2.03. The van der Waals surface area contributed by atoms with Crippen LogP contribution < -0.4 is 5.32 Å². The third-order valence-electron chi connectivity index (χ3n) is 1.57. The molecule has 0 aliphatic rings. The average molecular weight is 178 g/mol. The first-order valence-corrected chi connectivity index (χ1v) is 4.18. The normalized spacial score (nSPS) is 11.1. The maximum atomic E-state index is 4.64. The van der Waals surface area contributed by atoms with Crippen molar-refractivity contribution in [3.8, 4) is 0 Å². The van der Waals surface area contributed by atoms with Crippen LogP contribution >= 0.6 is 0 Å². The van der Waals surface area contributed by atoms with Crippen molar-refractivity contribution >= 4 is 11.4 Å². The summed E-state index contributed by atoms with van der Waals surface area (Å²) in [5, 5.41) is 7.01. The second-order valence-corrected chi connectivity index (χ2v) is 2.73. The van der Waals surface area contributed by atoms with Crippen molar-refractivity contribution in [1.82, 2.24) is 0 Å². The first-order valence-electron chi connectivity index (χ1n) is 4.18. The Bertz CT molecular complexity index is 270. The van der Waals surface area contributed by atoms with Crippen molar-refractivity contribution < 1.29 is 4.84 Å². The predicted molar refractivity (Wildman–Crippen MR) is 55.0 cm³/mol. The van der Waals surface area contributed by atoms with Crippen molar-refractivity contribution in [1.29, 1.82) is 0 Å². The summed E-state index contributed by atoms with van der Waals surface area (Å²) in [5.41, 5.74) is 2.01. The number of nitrogens with one attached hydrogen (secondary N) is 1. The highest BCUT2D eigenvalue weighted by molar-refractivity contribution is 5.85. The van der Waals surface area contributed by atoms with Crippen LogP contribution in [0.25, 0.3) is 0 Å². The molecule has 13 heavy (non-hydrogen) atoms. The van der Waals surface area contributed by atoms with Gasteiger partial charge in [-0.1, -0.05) is 23.4 Å². The van der Waals surface area contributed by atoms with Gasteiger partial charge < -0.3 is 10.2 Å². The molecule has 1 aromatic rings. The molecule has 3 heteroatoms. The van der Waals surface area contributed by atoms with Gasteiger partial charge in [-0.05, 0) is 19.1 Å². The molecule has 0 aliphatic heterocycles. The summed E-state index contributed by atoms with van der Waals surface area (Å²) in [5.74, 6) is 0. The molecule has 0 radical (unpaired) electrons. The van der Waals surface area contributed by atoms with E-state index in [1.165, 1.54) is 0 Å². The quantitative estimate of drug-likeness (QED) is 0.566. The number of hydrogen-bond acceptors (Lipinski definition) is 3. The summed E-state index contributed by atoms with van der Waals surface area (Å²) in [6.45, 7) is 2.62. The standard InChI is InChI=1S/C10H14N2O/c1-9(12-13-2)8-11-10-6-4-3-5-7-10/h3-7,11H,8H2,1-2H3/b12-9-. The highest BCUT2D eigenvalue weighted by Gasteiger charge is 1.91. The van der Waals surface area contributed by atoms with Crippen LogP contribution in [0.2, 0.25) is 0 Å². The zero-order chi connectivity index (χ0) is 9.52. The second kappa shape index (κ2) is 5.19. The topological polar surface area (TPSA) is 33.6 Å². The van der Waals surface area contributed by atoms with E-state index in [1.807, 2.05) is 37.3 Å². The number of nitrogens with zero attached hydrogens (tertiary/aromatic N) is 1. The Morgan fingerprint density at radius 3 is 2.69 bits per heavy atom. The molecule has 3 nitrogen and oxygen atoms in total. The van der Waals surface area contributed by atoms with E-state index in [0.717, 1.165) is 11.4 Å². The Balaban J connectivity index is 2.39. The van der Waals surface area contributed by atoms with E-state index >= 15 is 0 Å². The Morgan fingerprint density at radius 1 is 1.38 bits per heavy atom. The smallest absolute Gasteiger partial charge is 0.106 e. The van der Waals surface area contributed by atoms with Gasteiger partial charge in [-0.2, -0.15) is 0 Å². The lowest BCUT2D eigenvalue weighted by Crippen LogP contribution is -2.10. The molecule has 0 aromatic heterocycles. The lowest BCUT2D eigenvalue weighted by Gasteiger charge is -2.04. The van der Waals surface area contributed by atoms with Crippen LogP contribution in [0.4, 0.5) is 5.69 Å². The molecule has 0 saturated heterocycles. The Morgan fingerprint density at radius 2 is 2.08 bits per heavy atom. The third kappa shape index (κ3) is 3.60. The van der Waals surface area contributed by atoms with E-state index < -0.39 is 0 Å². The first-order chi connectivity index (χ1) is 6.33. The van der Waals surface area contributed by atoms with Crippen LogP contribution in [-0.2, 0) is 4.84 Å². The Labute approximate surface area is 78.4 Å². The van der Waals surface area contributed by atoms with E-state index in [1.54, 1.807) is 7.11 Å². The van der Waals surface area contributed by atoms with Crippen LogP contribution in [0.1, 0.15) is 6.92 Å². The summed E-state index contributed by atoms with van der Waals surface area (Å²) in [6, 6.07) is 10.00. The zero-order valence-corrected chi connectivity index (χ0v) is 7.95. The van der Waals surface area contributed by atoms with Crippen LogP contribution in [0.15, 0.2) is 35.5 Å². The fourth-order valence-electron chi connectivity index (χ4n) is 0.974. The number of benzene rings is 1. The largest absolute Gasteiger partial charge is 0.399 e. The number of oxime groups is 1. The van der Waals surface area contributed by atoms with Crippen molar-refractivity contribution in [2.24, 2.45) is 5.16 Å². The Kier molecular flexibility index (Phi) is 3.82. The van der Waals surface area contributed by atoms with Gasteiger partial charge in [-0.25, -0.2) is 0 Å².